The van der Waals surface area contributed by atoms with Crippen molar-refractivity contribution in [2.75, 3.05) is 17.9 Å². The van der Waals surface area contributed by atoms with Crippen LogP contribution in [-0.2, 0) is 9.84 Å². The maximum Gasteiger partial charge on any atom is 0.231 e. The number of anilines is 2. The second-order valence-corrected chi connectivity index (χ2v) is 7.93. The second kappa shape index (κ2) is 5.93. The van der Waals surface area contributed by atoms with Crippen LogP contribution in [0.2, 0.25) is 0 Å². The summed E-state index contributed by atoms with van der Waals surface area (Å²) in [6.07, 6.45) is 0. The number of nitrogens with zero attached hydrogens (tertiary/aromatic N) is 1. The third kappa shape index (κ3) is 2.98. The van der Waals surface area contributed by atoms with Crippen LogP contribution in [0.1, 0.15) is 6.92 Å². The van der Waals surface area contributed by atoms with Gasteiger partial charge in [-0.25, -0.2) is 13.4 Å². The summed E-state index contributed by atoms with van der Waals surface area (Å²) in [5, 5.41) is 4.00. The average molecular weight is 356 g/mol. The maximum absolute atomic E-state index is 12.0. The molecule has 6 nitrogen and oxygen atoms in total. The molecule has 1 N–H and O–H groups in total. The smallest absolute Gasteiger partial charge is 0.231 e. The predicted octanol–water partition coefficient (Wildman–Crippen LogP) is 3.50. The molecule has 0 saturated heterocycles. The fraction of sp³-hybridized carbons (Fsp3) is 0.167. The molecule has 0 radical (unpaired) electrons. The van der Waals surface area contributed by atoms with E-state index in [0.717, 1.165) is 22.3 Å². The molecule has 0 bridgehead atoms. The van der Waals surface area contributed by atoms with Crippen LogP contribution >= 0.6 is 0 Å². The van der Waals surface area contributed by atoms with Crippen LogP contribution in [0.5, 0.6) is 11.5 Å². The van der Waals surface area contributed by atoms with Crippen molar-refractivity contribution in [2.24, 2.45) is 0 Å². The summed E-state index contributed by atoms with van der Waals surface area (Å²) in [4.78, 5) is 4.86. The van der Waals surface area contributed by atoms with Gasteiger partial charge in [0.1, 0.15) is 5.82 Å². The largest absolute Gasteiger partial charge is 0.454 e. The number of sulfone groups is 1. The minimum absolute atomic E-state index is 0.0791. The van der Waals surface area contributed by atoms with E-state index in [9.17, 15) is 8.42 Å². The first-order chi connectivity index (χ1) is 12.0. The van der Waals surface area contributed by atoms with Crippen molar-refractivity contribution in [1.29, 1.82) is 0 Å². The van der Waals surface area contributed by atoms with Gasteiger partial charge in [-0.15, -0.1) is 0 Å². The van der Waals surface area contributed by atoms with Crippen LogP contribution in [0.4, 0.5) is 11.5 Å². The van der Waals surface area contributed by atoms with Crippen molar-refractivity contribution in [1.82, 2.24) is 4.98 Å². The van der Waals surface area contributed by atoms with E-state index in [4.69, 9.17) is 9.47 Å². The molecule has 2 aromatic carbocycles. The Morgan fingerprint density at radius 1 is 1.04 bits per heavy atom. The summed E-state index contributed by atoms with van der Waals surface area (Å²) in [7, 11) is -3.22. The van der Waals surface area contributed by atoms with Crippen molar-refractivity contribution < 1.29 is 17.9 Å². The topological polar surface area (TPSA) is 77.5 Å². The van der Waals surface area contributed by atoms with Crippen LogP contribution in [0.15, 0.2) is 53.4 Å². The minimum atomic E-state index is -3.22. The van der Waals surface area contributed by atoms with Gasteiger partial charge in [-0.2, -0.15) is 0 Å². The van der Waals surface area contributed by atoms with Gasteiger partial charge in [0.05, 0.1) is 16.2 Å². The number of pyridine rings is 1. The highest BCUT2D eigenvalue weighted by molar-refractivity contribution is 7.91. The van der Waals surface area contributed by atoms with E-state index in [0.29, 0.717) is 16.5 Å². The number of hydrogen-bond acceptors (Lipinski definition) is 6. The highest BCUT2D eigenvalue weighted by atomic mass is 32.2. The van der Waals surface area contributed by atoms with Crippen LogP contribution in [-0.4, -0.2) is 25.9 Å². The standard InChI is InChI=1S/C18H16N2O4S/c1-2-25(21,22)14-5-6-15-12(9-14)3-8-18(20-15)19-13-4-7-16-17(10-13)24-11-23-16/h3-10H,2,11H2,1H3,(H,19,20). The van der Waals surface area contributed by atoms with Crippen molar-refractivity contribution in [3.63, 3.8) is 0 Å². The van der Waals surface area contributed by atoms with E-state index in [1.165, 1.54) is 0 Å². The normalized spacial score (nSPS) is 13.2. The Hall–Kier alpha value is -2.80. The van der Waals surface area contributed by atoms with Crippen molar-refractivity contribution in [3.8, 4) is 11.5 Å². The first-order valence-electron chi connectivity index (χ1n) is 7.85. The Labute approximate surface area is 145 Å². The van der Waals surface area contributed by atoms with E-state index in [1.807, 2.05) is 30.3 Å². The number of nitrogens with one attached hydrogen (secondary N) is 1. The van der Waals surface area contributed by atoms with Crippen LogP contribution < -0.4 is 14.8 Å². The van der Waals surface area contributed by atoms with Gasteiger partial charge in [0.2, 0.25) is 6.79 Å². The Balaban J connectivity index is 1.64. The van der Waals surface area contributed by atoms with Gasteiger partial charge in [0.15, 0.2) is 21.3 Å². The van der Waals surface area contributed by atoms with E-state index >= 15 is 0 Å². The summed E-state index contributed by atoms with van der Waals surface area (Å²) in [6, 6.07) is 14.2. The molecular formula is C18H16N2O4S. The zero-order valence-electron chi connectivity index (χ0n) is 13.5. The van der Waals surface area contributed by atoms with E-state index in [-0.39, 0.29) is 12.5 Å². The number of rotatable bonds is 4. The van der Waals surface area contributed by atoms with Crippen LogP contribution in [0.3, 0.4) is 0 Å². The third-order valence-corrected chi connectivity index (χ3v) is 5.78. The molecule has 0 spiro atoms. The lowest BCUT2D eigenvalue weighted by Gasteiger charge is -2.08. The lowest BCUT2D eigenvalue weighted by molar-refractivity contribution is 0.174. The second-order valence-electron chi connectivity index (χ2n) is 5.65. The molecule has 1 aliphatic heterocycles. The summed E-state index contributed by atoms with van der Waals surface area (Å²) in [5.74, 6) is 2.16. The highest BCUT2D eigenvalue weighted by Crippen LogP contribution is 2.35. The zero-order chi connectivity index (χ0) is 17.4. The number of ether oxygens (including phenoxy) is 2. The molecule has 0 atom stereocenters. The maximum atomic E-state index is 12.0. The van der Waals surface area contributed by atoms with E-state index < -0.39 is 9.84 Å². The van der Waals surface area contributed by atoms with Gasteiger partial charge >= 0.3 is 0 Å². The summed E-state index contributed by atoms with van der Waals surface area (Å²) in [5.41, 5.74) is 1.56. The molecule has 7 heteroatoms. The van der Waals surface area contributed by atoms with E-state index in [2.05, 4.69) is 10.3 Å². The Morgan fingerprint density at radius 3 is 2.72 bits per heavy atom. The fourth-order valence-corrected chi connectivity index (χ4v) is 3.57. The van der Waals surface area contributed by atoms with Gasteiger partial charge in [-0.3, -0.25) is 0 Å². The summed E-state index contributed by atoms with van der Waals surface area (Å²) < 4.78 is 34.6. The molecule has 1 aliphatic rings. The van der Waals surface area contributed by atoms with Gasteiger partial charge in [0.25, 0.3) is 0 Å². The zero-order valence-corrected chi connectivity index (χ0v) is 14.3. The molecule has 4 rings (SSSR count). The van der Waals surface area contributed by atoms with Gasteiger partial charge in [-0.1, -0.05) is 6.92 Å². The lowest BCUT2D eigenvalue weighted by atomic mass is 10.2. The average Bonchev–Trinajstić information content (AvgIpc) is 3.09. The number of hydrogen-bond donors (Lipinski definition) is 1. The van der Waals surface area contributed by atoms with Crippen LogP contribution in [0.25, 0.3) is 10.9 Å². The first-order valence-corrected chi connectivity index (χ1v) is 9.51. The third-order valence-electron chi connectivity index (χ3n) is 4.04. The Kier molecular flexibility index (Phi) is 3.73. The summed E-state index contributed by atoms with van der Waals surface area (Å²) in [6.45, 7) is 1.87. The fourth-order valence-electron chi connectivity index (χ4n) is 2.66. The molecular weight excluding hydrogens is 340 g/mol. The molecule has 1 aromatic heterocycles. The van der Waals surface area contributed by atoms with Crippen LogP contribution in [0, 0.1) is 0 Å². The summed E-state index contributed by atoms with van der Waals surface area (Å²) >= 11 is 0. The first kappa shape index (κ1) is 15.7. The van der Waals surface area contributed by atoms with Crippen molar-refractivity contribution in [3.05, 3.63) is 48.5 Å². The Bertz CT molecular complexity index is 1060. The molecule has 2 heterocycles. The number of aromatic nitrogens is 1. The Morgan fingerprint density at radius 2 is 1.88 bits per heavy atom. The molecule has 0 amide bonds. The van der Waals surface area contributed by atoms with E-state index in [1.54, 1.807) is 25.1 Å². The molecule has 128 valence electrons. The lowest BCUT2D eigenvalue weighted by Crippen LogP contribution is -2.03. The number of fused-ring (bicyclic) bond motifs is 2. The SMILES string of the molecule is CCS(=O)(=O)c1ccc2nc(Nc3ccc4c(c3)OCO4)ccc2c1. The van der Waals surface area contributed by atoms with Gasteiger partial charge < -0.3 is 14.8 Å². The molecule has 25 heavy (non-hydrogen) atoms. The molecule has 0 fully saturated rings. The number of benzene rings is 2. The van der Waals surface area contributed by atoms with Crippen molar-refractivity contribution >= 4 is 32.2 Å². The molecule has 0 unspecified atom stereocenters. The van der Waals surface area contributed by atoms with Gasteiger partial charge in [0, 0.05) is 17.1 Å². The minimum Gasteiger partial charge on any atom is -0.454 e. The molecule has 3 aromatic rings. The quantitative estimate of drug-likeness (QED) is 0.771. The van der Waals surface area contributed by atoms with Crippen molar-refractivity contribution in [2.45, 2.75) is 11.8 Å². The molecule has 0 saturated carbocycles. The monoisotopic (exact) mass is 356 g/mol. The predicted molar refractivity (Wildman–Crippen MR) is 95.3 cm³/mol. The van der Waals surface area contributed by atoms with Gasteiger partial charge in [-0.05, 0) is 42.5 Å². The molecule has 0 aliphatic carbocycles. The highest BCUT2D eigenvalue weighted by Gasteiger charge is 2.14.